The third-order valence-corrected chi connectivity index (χ3v) is 2.86. The second-order valence-electron chi connectivity index (χ2n) is 4.58. The molecule has 0 aliphatic rings. The van der Waals surface area contributed by atoms with Gasteiger partial charge in [-0.3, -0.25) is 9.78 Å². The molecule has 0 saturated carbocycles. The second kappa shape index (κ2) is 5.52. The molecule has 0 bridgehead atoms. The van der Waals surface area contributed by atoms with Crippen LogP contribution in [0.25, 0.3) is 0 Å². The fourth-order valence-electron chi connectivity index (χ4n) is 1.80. The molecule has 0 atom stereocenters. The number of carbonyl (C=O) groups is 1. The topological polar surface area (TPSA) is 53.4 Å². The Morgan fingerprint density at radius 2 is 1.95 bits per heavy atom. The third kappa shape index (κ3) is 3.31. The van der Waals surface area contributed by atoms with E-state index < -0.39 is 0 Å². The van der Waals surface area contributed by atoms with Crippen molar-refractivity contribution in [3.63, 3.8) is 0 Å². The zero-order valence-electron chi connectivity index (χ0n) is 11.0. The van der Waals surface area contributed by atoms with E-state index in [0.717, 1.165) is 5.56 Å². The van der Waals surface area contributed by atoms with Gasteiger partial charge in [0.1, 0.15) is 5.75 Å². The number of benzene rings is 1. The van der Waals surface area contributed by atoms with Gasteiger partial charge in [-0.1, -0.05) is 29.8 Å². The minimum atomic E-state index is -0.163. The fraction of sp³-hybridized carbons (Fsp3) is 0.200. The Bertz CT molecular complexity index is 579. The molecule has 0 radical (unpaired) electrons. The molecule has 2 rings (SSSR count). The number of nitrogens with zero attached hydrogens (tertiary/aromatic N) is 2. The van der Waals surface area contributed by atoms with Gasteiger partial charge in [0.15, 0.2) is 0 Å². The van der Waals surface area contributed by atoms with Gasteiger partial charge in [0.2, 0.25) is 0 Å². The van der Waals surface area contributed by atoms with E-state index in [2.05, 4.69) is 4.98 Å². The van der Waals surface area contributed by atoms with Crippen LogP contribution in [0.4, 0.5) is 0 Å². The van der Waals surface area contributed by atoms with E-state index >= 15 is 0 Å². The molecule has 0 fully saturated rings. The van der Waals surface area contributed by atoms with Gasteiger partial charge in [0, 0.05) is 19.8 Å². The van der Waals surface area contributed by atoms with Crippen molar-refractivity contribution in [2.75, 3.05) is 7.05 Å². The number of aromatic hydroxyl groups is 1. The molecule has 1 heterocycles. The largest absolute Gasteiger partial charge is 0.506 e. The van der Waals surface area contributed by atoms with Crippen LogP contribution in [0.5, 0.6) is 5.75 Å². The third-order valence-electron chi connectivity index (χ3n) is 2.86. The van der Waals surface area contributed by atoms with Crippen LogP contribution in [-0.2, 0) is 6.54 Å². The number of pyridine rings is 1. The maximum Gasteiger partial charge on any atom is 0.255 e. The minimum absolute atomic E-state index is 0.00501. The van der Waals surface area contributed by atoms with Crippen LogP contribution in [0.15, 0.2) is 42.7 Å². The van der Waals surface area contributed by atoms with E-state index in [-0.39, 0.29) is 11.7 Å². The molecular formula is C15H16N2O2. The first kappa shape index (κ1) is 13.1. The number of carbonyl (C=O) groups excluding carboxylic acids is 1. The van der Waals surface area contributed by atoms with E-state index in [1.807, 2.05) is 31.2 Å². The summed E-state index contributed by atoms with van der Waals surface area (Å²) in [5.41, 5.74) is 2.64. The van der Waals surface area contributed by atoms with Crippen molar-refractivity contribution in [3.05, 3.63) is 59.4 Å². The normalized spacial score (nSPS) is 10.2. The highest BCUT2D eigenvalue weighted by Crippen LogP contribution is 2.12. The van der Waals surface area contributed by atoms with Gasteiger partial charge < -0.3 is 10.0 Å². The predicted octanol–water partition coefficient (Wildman–Crippen LogP) is 2.37. The second-order valence-corrected chi connectivity index (χ2v) is 4.58. The van der Waals surface area contributed by atoms with Crippen molar-refractivity contribution in [2.24, 2.45) is 0 Å². The first-order valence-electron chi connectivity index (χ1n) is 6.01. The van der Waals surface area contributed by atoms with Crippen LogP contribution >= 0.6 is 0 Å². The summed E-state index contributed by atoms with van der Waals surface area (Å²) in [5.74, 6) is -0.168. The van der Waals surface area contributed by atoms with Gasteiger partial charge in [0.25, 0.3) is 5.91 Å². The SMILES string of the molecule is Cc1ccc(CN(C)C(=O)c2cncc(O)c2)cc1. The molecule has 2 aromatic rings. The van der Waals surface area contributed by atoms with Gasteiger partial charge in [-0.05, 0) is 18.6 Å². The van der Waals surface area contributed by atoms with Gasteiger partial charge in [-0.15, -0.1) is 0 Å². The van der Waals surface area contributed by atoms with E-state index in [9.17, 15) is 9.90 Å². The summed E-state index contributed by atoms with van der Waals surface area (Å²) >= 11 is 0. The quantitative estimate of drug-likeness (QED) is 0.917. The van der Waals surface area contributed by atoms with Crippen molar-refractivity contribution in [3.8, 4) is 5.75 Å². The van der Waals surface area contributed by atoms with Crippen LogP contribution < -0.4 is 0 Å². The van der Waals surface area contributed by atoms with E-state index in [1.54, 1.807) is 11.9 Å². The Labute approximate surface area is 112 Å². The Morgan fingerprint density at radius 3 is 2.58 bits per heavy atom. The lowest BCUT2D eigenvalue weighted by Gasteiger charge is -2.17. The number of aromatic nitrogens is 1. The highest BCUT2D eigenvalue weighted by Gasteiger charge is 2.12. The lowest BCUT2D eigenvalue weighted by Crippen LogP contribution is -2.26. The summed E-state index contributed by atoms with van der Waals surface area (Å²) < 4.78 is 0. The van der Waals surface area contributed by atoms with Crippen molar-refractivity contribution >= 4 is 5.91 Å². The van der Waals surface area contributed by atoms with Crippen LogP contribution in [-0.4, -0.2) is 27.9 Å². The average molecular weight is 256 g/mol. The maximum atomic E-state index is 12.1. The molecule has 1 N–H and O–H groups in total. The fourth-order valence-corrected chi connectivity index (χ4v) is 1.80. The molecule has 1 aromatic heterocycles. The van der Waals surface area contributed by atoms with Crippen molar-refractivity contribution in [1.29, 1.82) is 0 Å². The lowest BCUT2D eigenvalue weighted by atomic mass is 10.1. The zero-order valence-corrected chi connectivity index (χ0v) is 11.0. The highest BCUT2D eigenvalue weighted by atomic mass is 16.3. The molecule has 0 unspecified atom stereocenters. The number of rotatable bonds is 3. The van der Waals surface area contributed by atoms with E-state index in [4.69, 9.17) is 0 Å². The number of hydrogen-bond donors (Lipinski definition) is 1. The summed E-state index contributed by atoms with van der Waals surface area (Å²) in [6, 6.07) is 9.45. The number of amides is 1. The molecule has 0 spiro atoms. The van der Waals surface area contributed by atoms with Gasteiger partial charge in [0.05, 0.1) is 11.8 Å². The van der Waals surface area contributed by atoms with Crippen LogP contribution in [0.2, 0.25) is 0 Å². The first-order chi connectivity index (χ1) is 9.06. The molecular weight excluding hydrogens is 240 g/mol. The molecule has 98 valence electrons. The zero-order chi connectivity index (χ0) is 13.8. The summed E-state index contributed by atoms with van der Waals surface area (Å²) in [5, 5.41) is 9.33. The molecule has 0 aliphatic carbocycles. The number of hydrogen-bond acceptors (Lipinski definition) is 3. The van der Waals surface area contributed by atoms with Gasteiger partial charge in [-0.25, -0.2) is 0 Å². The Hall–Kier alpha value is -2.36. The highest BCUT2D eigenvalue weighted by molar-refractivity contribution is 5.94. The van der Waals surface area contributed by atoms with Gasteiger partial charge >= 0.3 is 0 Å². The summed E-state index contributed by atoms with van der Waals surface area (Å²) in [7, 11) is 1.73. The minimum Gasteiger partial charge on any atom is -0.506 e. The molecule has 1 amide bonds. The summed E-state index contributed by atoms with van der Waals surface area (Å²) in [6.45, 7) is 2.55. The first-order valence-corrected chi connectivity index (χ1v) is 6.01. The Balaban J connectivity index is 2.09. The summed E-state index contributed by atoms with van der Waals surface area (Å²) in [4.78, 5) is 17.6. The molecule has 0 saturated heterocycles. The van der Waals surface area contributed by atoms with Gasteiger partial charge in [-0.2, -0.15) is 0 Å². The predicted molar refractivity (Wildman–Crippen MR) is 72.9 cm³/mol. The van der Waals surface area contributed by atoms with Crippen LogP contribution in [0.1, 0.15) is 21.5 Å². The molecule has 19 heavy (non-hydrogen) atoms. The van der Waals surface area contributed by atoms with E-state index in [0.29, 0.717) is 12.1 Å². The number of aryl methyl sites for hydroxylation is 1. The molecule has 1 aromatic carbocycles. The molecule has 4 nitrogen and oxygen atoms in total. The van der Waals surface area contributed by atoms with Crippen molar-refractivity contribution in [1.82, 2.24) is 9.88 Å². The summed E-state index contributed by atoms with van der Waals surface area (Å²) in [6.07, 6.45) is 2.75. The molecule has 0 aliphatic heterocycles. The van der Waals surface area contributed by atoms with Crippen molar-refractivity contribution in [2.45, 2.75) is 13.5 Å². The van der Waals surface area contributed by atoms with E-state index in [1.165, 1.54) is 24.0 Å². The smallest absolute Gasteiger partial charge is 0.255 e. The maximum absolute atomic E-state index is 12.1. The lowest BCUT2D eigenvalue weighted by molar-refractivity contribution is 0.0784. The van der Waals surface area contributed by atoms with Crippen molar-refractivity contribution < 1.29 is 9.90 Å². The Kier molecular flexibility index (Phi) is 3.80. The molecule has 4 heteroatoms. The monoisotopic (exact) mass is 256 g/mol. The van der Waals surface area contributed by atoms with Crippen LogP contribution in [0.3, 0.4) is 0 Å². The van der Waals surface area contributed by atoms with Crippen LogP contribution in [0, 0.1) is 6.92 Å². The Morgan fingerprint density at radius 1 is 1.26 bits per heavy atom. The average Bonchev–Trinajstić information content (AvgIpc) is 2.40. The standard InChI is InChI=1S/C15H16N2O2/c1-11-3-5-12(6-4-11)10-17(2)15(19)13-7-14(18)9-16-8-13/h3-9,18H,10H2,1-2H3.